The minimum absolute atomic E-state index is 0.0893. The maximum absolute atomic E-state index is 6.19. The van der Waals surface area contributed by atoms with E-state index in [0.717, 1.165) is 50.1 Å². The summed E-state index contributed by atoms with van der Waals surface area (Å²) in [6, 6.07) is 83.9. The van der Waals surface area contributed by atoms with Gasteiger partial charge in [-0.25, -0.2) is 0 Å². The van der Waals surface area contributed by atoms with E-state index in [2.05, 4.69) is 242 Å². The first-order chi connectivity index (χ1) is 32.5. The molecular weight excluding hydrogens is 801 g/mol. The van der Waals surface area contributed by atoms with E-state index in [4.69, 9.17) is 4.42 Å². The van der Waals surface area contributed by atoms with Crippen molar-refractivity contribution in [3.63, 3.8) is 0 Å². The molecule has 0 amide bonds. The van der Waals surface area contributed by atoms with Gasteiger partial charge in [-0.2, -0.15) is 0 Å². The zero-order chi connectivity index (χ0) is 43.9. The van der Waals surface area contributed by atoms with Gasteiger partial charge in [-0.15, -0.1) is 0 Å². The molecule has 312 valence electrons. The number of anilines is 3. The molecule has 66 heavy (non-hydrogen) atoms. The highest BCUT2D eigenvalue weighted by Crippen LogP contribution is 2.51. The van der Waals surface area contributed by atoms with Crippen LogP contribution in [0.2, 0.25) is 0 Å². The first kappa shape index (κ1) is 38.1. The smallest absolute Gasteiger partial charge is 0.135 e. The third-order valence-electron chi connectivity index (χ3n) is 14.0. The second-order valence-electron chi connectivity index (χ2n) is 18.1. The molecule has 2 aromatic heterocycles. The molecule has 13 rings (SSSR count). The highest BCUT2D eigenvalue weighted by molar-refractivity contribution is 6.13. The summed E-state index contributed by atoms with van der Waals surface area (Å²) in [6.07, 6.45) is 0. The van der Waals surface area contributed by atoms with Gasteiger partial charge in [0.15, 0.2) is 0 Å². The van der Waals surface area contributed by atoms with Crippen LogP contribution in [-0.2, 0) is 5.41 Å². The number of nitrogens with zero attached hydrogens (tertiary/aromatic N) is 2. The van der Waals surface area contributed by atoms with Crippen LogP contribution >= 0.6 is 0 Å². The Hall–Kier alpha value is -8.40. The molecule has 0 radical (unpaired) electrons. The van der Waals surface area contributed by atoms with Crippen molar-refractivity contribution in [1.82, 2.24) is 4.57 Å². The first-order valence-corrected chi connectivity index (χ1v) is 22.8. The van der Waals surface area contributed by atoms with Crippen molar-refractivity contribution in [1.29, 1.82) is 0 Å². The molecule has 3 nitrogen and oxygen atoms in total. The number of fused-ring (bicyclic) bond motifs is 9. The van der Waals surface area contributed by atoms with Crippen LogP contribution in [0, 0.1) is 0 Å². The molecule has 0 spiro atoms. The number of hydrogen-bond donors (Lipinski definition) is 0. The number of benzene rings is 10. The van der Waals surface area contributed by atoms with E-state index in [9.17, 15) is 0 Å². The summed E-state index contributed by atoms with van der Waals surface area (Å²) >= 11 is 0. The van der Waals surface area contributed by atoms with E-state index in [1.807, 2.05) is 12.1 Å². The molecule has 0 saturated carbocycles. The molecule has 10 aromatic carbocycles. The Labute approximate surface area is 384 Å². The fourth-order valence-electron chi connectivity index (χ4n) is 10.7. The van der Waals surface area contributed by atoms with Gasteiger partial charge in [0.2, 0.25) is 0 Å². The van der Waals surface area contributed by atoms with Gasteiger partial charge in [-0.05, 0) is 147 Å². The van der Waals surface area contributed by atoms with Crippen LogP contribution in [0.5, 0.6) is 0 Å². The van der Waals surface area contributed by atoms with Gasteiger partial charge in [-0.3, -0.25) is 0 Å². The van der Waals surface area contributed by atoms with Crippen molar-refractivity contribution in [3.8, 4) is 50.2 Å². The van der Waals surface area contributed by atoms with Crippen molar-refractivity contribution < 1.29 is 4.42 Å². The van der Waals surface area contributed by atoms with Crippen LogP contribution in [0.3, 0.4) is 0 Å². The minimum atomic E-state index is -0.0893. The minimum Gasteiger partial charge on any atom is -0.456 e. The topological polar surface area (TPSA) is 21.3 Å². The van der Waals surface area contributed by atoms with E-state index in [-0.39, 0.29) is 5.41 Å². The predicted octanol–water partition coefficient (Wildman–Crippen LogP) is 17.5. The maximum Gasteiger partial charge on any atom is 0.135 e. The second kappa shape index (κ2) is 14.8. The molecule has 1 aliphatic carbocycles. The monoisotopic (exact) mass is 844 g/mol. The van der Waals surface area contributed by atoms with E-state index < -0.39 is 0 Å². The summed E-state index contributed by atoms with van der Waals surface area (Å²) in [5.41, 5.74) is 21.0. The molecule has 0 fully saturated rings. The summed E-state index contributed by atoms with van der Waals surface area (Å²) in [5.74, 6) is 0. The van der Waals surface area contributed by atoms with Crippen LogP contribution in [-0.4, -0.2) is 4.57 Å². The normalized spacial score (nSPS) is 12.8. The molecule has 0 aliphatic heterocycles. The van der Waals surface area contributed by atoms with E-state index in [0.29, 0.717) is 0 Å². The van der Waals surface area contributed by atoms with Crippen LogP contribution in [0.4, 0.5) is 17.1 Å². The Morgan fingerprint density at radius 1 is 0.348 bits per heavy atom. The van der Waals surface area contributed by atoms with Crippen molar-refractivity contribution in [2.24, 2.45) is 0 Å². The lowest BCUT2D eigenvalue weighted by atomic mass is 9.82. The Morgan fingerprint density at radius 3 is 1.70 bits per heavy atom. The predicted molar refractivity (Wildman–Crippen MR) is 277 cm³/mol. The van der Waals surface area contributed by atoms with Gasteiger partial charge in [0.25, 0.3) is 0 Å². The molecule has 0 saturated heterocycles. The quantitative estimate of drug-likeness (QED) is 0.159. The van der Waals surface area contributed by atoms with E-state index >= 15 is 0 Å². The summed E-state index contributed by atoms with van der Waals surface area (Å²) in [4.78, 5) is 2.37. The lowest BCUT2D eigenvalue weighted by Crippen LogP contribution is -2.14. The molecule has 0 unspecified atom stereocenters. The van der Waals surface area contributed by atoms with E-state index in [1.54, 1.807) is 0 Å². The lowest BCUT2D eigenvalue weighted by molar-refractivity contribution is 0.661. The molecule has 12 aromatic rings. The highest BCUT2D eigenvalue weighted by atomic mass is 16.3. The van der Waals surface area contributed by atoms with Gasteiger partial charge in [0.05, 0.1) is 11.0 Å². The largest absolute Gasteiger partial charge is 0.456 e. The van der Waals surface area contributed by atoms with Crippen LogP contribution in [0.25, 0.3) is 93.9 Å². The average Bonchev–Trinajstić information content (AvgIpc) is 3.99. The Bertz CT molecular complexity index is 3820. The Kier molecular flexibility index (Phi) is 8.56. The third kappa shape index (κ3) is 6.04. The number of rotatable bonds is 7. The number of para-hydroxylation sites is 2. The zero-order valence-corrected chi connectivity index (χ0v) is 36.7. The molecule has 1 aliphatic rings. The molecular formula is C63H44N2O. The summed E-state index contributed by atoms with van der Waals surface area (Å²) in [5, 5.41) is 4.77. The standard InChI is InChI=1S/C63H44N2O/c1-63(2)57-22-11-9-20-51(57)53-39-55-54-37-45(28-34-59(54)65(60(55)40-58(53)63)47-17-7-4-8-18-47)43-26-32-49(33-27-43)64(48-30-24-42(25-31-48)41-14-5-3-6-15-41)50-19-13-16-44(36-50)46-29-35-62-56(38-46)52-21-10-12-23-61(52)66-62/h3-40H,1-2H3. The summed E-state index contributed by atoms with van der Waals surface area (Å²) in [6.45, 7) is 4.73. The van der Waals surface area contributed by atoms with Crippen LogP contribution in [0.15, 0.2) is 235 Å². The SMILES string of the molecule is CC1(C)c2ccccc2-c2cc3c4cc(-c5ccc(N(c6ccc(-c7ccccc7)cc6)c6cccc(-c7ccc8oc9ccccc9c8c7)c6)cc5)ccc4n(-c4ccccc4)c3cc21. The van der Waals surface area contributed by atoms with Gasteiger partial charge < -0.3 is 13.9 Å². The molecule has 0 bridgehead atoms. The van der Waals surface area contributed by atoms with Crippen LogP contribution < -0.4 is 4.90 Å². The molecule has 3 heteroatoms. The van der Waals surface area contributed by atoms with Gasteiger partial charge >= 0.3 is 0 Å². The van der Waals surface area contributed by atoms with E-state index in [1.165, 1.54) is 72.0 Å². The first-order valence-electron chi connectivity index (χ1n) is 22.8. The van der Waals surface area contributed by atoms with Gasteiger partial charge in [0, 0.05) is 49.7 Å². The van der Waals surface area contributed by atoms with Crippen LogP contribution in [0.1, 0.15) is 25.0 Å². The summed E-state index contributed by atoms with van der Waals surface area (Å²) in [7, 11) is 0. The van der Waals surface area contributed by atoms with Gasteiger partial charge in [-0.1, -0.05) is 153 Å². The highest BCUT2D eigenvalue weighted by Gasteiger charge is 2.36. The molecule has 2 heterocycles. The zero-order valence-electron chi connectivity index (χ0n) is 36.7. The van der Waals surface area contributed by atoms with Gasteiger partial charge in [0.1, 0.15) is 11.2 Å². The summed E-state index contributed by atoms with van der Waals surface area (Å²) < 4.78 is 8.63. The molecule has 0 atom stereocenters. The Morgan fingerprint density at radius 2 is 0.909 bits per heavy atom. The van der Waals surface area contributed by atoms with Crippen molar-refractivity contribution >= 4 is 60.8 Å². The second-order valence-corrected chi connectivity index (χ2v) is 18.1. The number of hydrogen-bond acceptors (Lipinski definition) is 2. The number of furan rings is 1. The maximum atomic E-state index is 6.19. The number of aromatic nitrogens is 1. The fraction of sp³-hybridized carbons (Fsp3) is 0.0476. The van der Waals surface area contributed by atoms with Crippen molar-refractivity contribution in [2.75, 3.05) is 4.90 Å². The average molecular weight is 845 g/mol. The van der Waals surface area contributed by atoms with Crippen molar-refractivity contribution in [3.05, 3.63) is 242 Å². The van der Waals surface area contributed by atoms with Crippen molar-refractivity contribution in [2.45, 2.75) is 19.3 Å². The lowest BCUT2D eigenvalue weighted by Gasteiger charge is -2.26. The third-order valence-corrected chi connectivity index (χ3v) is 14.0. The fourth-order valence-corrected chi connectivity index (χ4v) is 10.7. The molecule has 0 N–H and O–H groups in total. The Balaban J connectivity index is 0.923.